The third kappa shape index (κ3) is 13.1. The van der Waals surface area contributed by atoms with Crippen molar-refractivity contribution in [2.45, 2.75) is 150 Å². The summed E-state index contributed by atoms with van der Waals surface area (Å²) in [5.41, 5.74) is 6.59. The normalized spacial score (nSPS) is 25.7. The molecule has 2 fully saturated rings. The summed E-state index contributed by atoms with van der Waals surface area (Å²) in [6.45, 7) is 18.5. The molecule has 0 aliphatic carbocycles. The quantitative estimate of drug-likeness (QED) is 0.0381. The number of carbonyl (C=O) groups is 4. The molecule has 69 heavy (non-hydrogen) atoms. The topological polar surface area (TPSA) is 220 Å². The number of benzene rings is 3. The highest BCUT2D eigenvalue weighted by molar-refractivity contribution is 5.78. The van der Waals surface area contributed by atoms with Crippen LogP contribution in [0.3, 0.4) is 0 Å². The number of aliphatic hydroxyl groups is 1. The van der Waals surface area contributed by atoms with Crippen molar-refractivity contribution in [2.24, 2.45) is 26.8 Å². The van der Waals surface area contributed by atoms with Crippen molar-refractivity contribution < 1.29 is 66.9 Å². The molecule has 2 aliphatic rings. The molecule has 0 aromatic heterocycles. The minimum absolute atomic E-state index is 0.307. The molecule has 17 nitrogen and oxygen atoms in total. The molecule has 0 amide bonds. The van der Waals surface area contributed by atoms with E-state index >= 15 is 0 Å². The summed E-state index contributed by atoms with van der Waals surface area (Å²) in [4.78, 5) is 58.0. The smallest absolute Gasteiger partial charge is 0.311 e. The fourth-order valence-corrected chi connectivity index (χ4v) is 7.51. The predicted molar refractivity (Wildman–Crippen MR) is 252 cm³/mol. The standard InChI is InChI=1S/C52H69N3O14/c1-48(2,3)44(57)62-29-35-38(67-45(58)49(4,5)6)40(68-46(59)50(7,8)9)41(69-47(60)51(10,11)12)43(65-35)66-39-36(54-55-53)42(61-13)64-34(37(39)56)30-63-52(31-23-17-14-18-24-31,32-25-19-15-20-26-32)33-27-21-16-22-28-33/h14-28,34-43,56H,29-30H2,1-13H3/t34-,35-,36-,37+,38-,39-,40+,41-,42+,43+/m1/s1. The van der Waals surface area contributed by atoms with Gasteiger partial charge in [-0.25, -0.2) is 0 Å². The largest absolute Gasteiger partial charge is 0.462 e. The molecule has 10 atom stereocenters. The number of methoxy groups -OCH3 is 1. The summed E-state index contributed by atoms with van der Waals surface area (Å²) >= 11 is 0. The second kappa shape index (κ2) is 22.1. The molecule has 17 heteroatoms. The van der Waals surface area contributed by atoms with E-state index in [1.54, 1.807) is 83.1 Å². The summed E-state index contributed by atoms with van der Waals surface area (Å²) in [7, 11) is 1.32. The average molecular weight is 960 g/mol. The predicted octanol–water partition coefficient (Wildman–Crippen LogP) is 7.98. The molecule has 0 unspecified atom stereocenters. The van der Waals surface area contributed by atoms with E-state index in [1.807, 2.05) is 91.0 Å². The first-order valence-corrected chi connectivity index (χ1v) is 23.1. The van der Waals surface area contributed by atoms with Crippen molar-refractivity contribution in [3.05, 3.63) is 118 Å². The van der Waals surface area contributed by atoms with Gasteiger partial charge in [-0.05, 0) is 105 Å². The maximum absolute atomic E-state index is 14.0. The minimum atomic E-state index is -1.80. The molecule has 3 aromatic carbocycles. The van der Waals surface area contributed by atoms with Gasteiger partial charge in [0, 0.05) is 12.0 Å². The molecule has 0 bridgehead atoms. The number of azide groups is 1. The lowest BCUT2D eigenvalue weighted by Gasteiger charge is -2.49. The van der Waals surface area contributed by atoms with Crippen LogP contribution in [0.25, 0.3) is 10.4 Å². The van der Waals surface area contributed by atoms with Crippen molar-refractivity contribution in [3.63, 3.8) is 0 Å². The van der Waals surface area contributed by atoms with Crippen molar-refractivity contribution in [1.82, 2.24) is 0 Å². The molecule has 3 aromatic rings. The SMILES string of the molecule is CO[C@H]1O[C@H](COC(c2ccccc2)(c2ccccc2)c2ccccc2)[C@H](O)[C@H](O[C@@H]2O[C@H](COC(=O)C(C)(C)C)[C@@H](OC(=O)C(C)(C)C)[C@H](OC(=O)C(C)(C)C)[C@H]2OC(=O)C(C)(C)C)[C@H]1N=[N+]=[N-]. The number of rotatable bonds is 15. The van der Waals surface area contributed by atoms with Crippen LogP contribution in [0, 0.1) is 21.7 Å². The monoisotopic (exact) mass is 959 g/mol. The summed E-state index contributed by atoms with van der Waals surface area (Å²) in [5.74, 6) is -2.95. The lowest BCUT2D eigenvalue weighted by atomic mass is 9.80. The van der Waals surface area contributed by atoms with Crippen molar-refractivity contribution in [3.8, 4) is 0 Å². The number of hydrogen-bond acceptors (Lipinski definition) is 15. The van der Waals surface area contributed by atoms with E-state index in [1.165, 1.54) is 7.11 Å². The molecule has 2 saturated heterocycles. The van der Waals surface area contributed by atoms with Crippen LogP contribution >= 0.6 is 0 Å². The third-order valence-electron chi connectivity index (χ3n) is 11.5. The molecule has 376 valence electrons. The van der Waals surface area contributed by atoms with Crippen LogP contribution in [-0.4, -0.2) is 111 Å². The second-order valence-electron chi connectivity index (χ2n) is 21.4. The van der Waals surface area contributed by atoms with Crippen molar-refractivity contribution in [1.29, 1.82) is 0 Å². The first-order chi connectivity index (χ1) is 32.2. The van der Waals surface area contributed by atoms with Gasteiger partial charge in [-0.3, -0.25) is 19.2 Å². The Bertz CT molecular complexity index is 2150. The van der Waals surface area contributed by atoms with Crippen LogP contribution in [0.15, 0.2) is 96.1 Å². The van der Waals surface area contributed by atoms with Gasteiger partial charge >= 0.3 is 23.9 Å². The van der Waals surface area contributed by atoms with Crippen LogP contribution in [0.5, 0.6) is 0 Å². The van der Waals surface area contributed by atoms with E-state index in [-0.39, 0.29) is 6.61 Å². The van der Waals surface area contributed by atoms with Crippen LogP contribution < -0.4 is 0 Å². The van der Waals surface area contributed by atoms with Crippen LogP contribution in [-0.2, 0) is 67.4 Å². The number of ether oxygens (including phenoxy) is 9. The molecule has 2 aliphatic heterocycles. The Kier molecular flexibility index (Phi) is 17.5. The first-order valence-electron chi connectivity index (χ1n) is 23.1. The van der Waals surface area contributed by atoms with E-state index in [4.69, 9.17) is 42.6 Å². The zero-order valence-corrected chi connectivity index (χ0v) is 41.9. The van der Waals surface area contributed by atoms with E-state index < -0.39 is 119 Å². The molecular formula is C52H69N3O14. The van der Waals surface area contributed by atoms with Gasteiger partial charge in [-0.15, -0.1) is 0 Å². The van der Waals surface area contributed by atoms with Gasteiger partial charge in [0.1, 0.15) is 42.7 Å². The van der Waals surface area contributed by atoms with Crippen LogP contribution in [0.4, 0.5) is 0 Å². The number of esters is 4. The van der Waals surface area contributed by atoms with Crippen LogP contribution in [0.2, 0.25) is 0 Å². The van der Waals surface area contributed by atoms with E-state index in [2.05, 4.69) is 10.0 Å². The highest BCUT2D eigenvalue weighted by Crippen LogP contribution is 2.42. The summed E-state index contributed by atoms with van der Waals surface area (Å²) in [6, 6.07) is 27.2. The van der Waals surface area contributed by atoms with Gasteiger partial charge < -0.3 is 47.7 Å². The third-order valence-corrected chi connectivity index (χ3v) is 11.5. The zero-order chi connectivity index (χ0) is 51.1. The highest BCUT2D eigenvalue weighted by atomic mass is 16.8. The van der Waals surface area contributed by atoms with Crippen molar-refractivity contribution in [2.75, 3.05) is 20.3 Å². The van der Waals surface area contributed by atoms with Gasteiger partial charge in [0.15, 0.2) is 30.9 Å². The first kappa shape index (κ1) is 54.5. The Hall–Kier alpha value is -5.39. The van der Waals surface area contributed by atoms with Gasteiger partial charge in [0.2, 0.25) is 0 Å². The highest BCUT2D eigenvalue weighted by Gasteiger charge is 2.58. The number of hydrogen-bond donors (Lipinski definition) is 1. The number of aliphatic hydroxyl groups excluding tert-OH is 1. The molecular weight excluding hydrogens is 891 g/mol. The van der Waals surface area contributed by atoms with Crippen molar-refractivity contribution >= 4 is 23.9 Å². The van der Waals surface area contributed by atoms with Gasteiger partial charge in [0.05, 0.1) is 28.3 Å². The van der Waals surface area contributed by atoms with E-state index in [0.29, 0.717) is 0 Å². The van der Waals surface area contributed by atoms with E-state index in [0.717, 1.165) is 16.7 Å². The minimum Gasteiger partial charge on any atom is -0.462 e. The molecule has 0 radical (unpaired) electrons. The van der Waals surface area contributed by atoms with Crippen LogP contribution in [0.1, 0.15) is 99.8 Å². The Morgan fingerprint density at radius 2 is 0.971 bits per heavy atom. The molecule has 0 saturated carbocycles. The Balaban J connectivity index is 1.65. The lowest BCUT2D eigenvalue weighted by molar-refractivity contribution is -0.346. The van der Waals surface area contributed by atoms with Gasteiger partial charge in [0.25, 0.3) is 0 Å². The Morgan fingerprint density at radius 1 is 0.565 bits per heavy atom. The van der Waals surface area contributed by atoms with Gasteiger partial charge in [-0.2, -0.15) is 0 Å². The molecule has 2 heterocycles. The van der Waals surface area contributed by atoms with E-state index in [9.17, 15) is 29.8 Å². The fraction of sp³-hybridized carbons (Fsp3) is 0.577. The zero-order valence-electron chi connectivity index (χ0n) is 41.9. The summed E-state index contributed by atoms with van der Waals surface area (Å²) in [5, 5.41) is 16.5. The summed E-state index contributed by atoms with van der Waals surface area (Å²) < 4.78 is 56.6. The maximum Gasteiger partial charge on any atom is 0.311 e. The maximum atomic E-state index is 14.0. The average Bonchev–Trinajstić information content (AvgIpc) is 3.29. The number of nitrogens with zero attached hydrogens (tertiary/aromatic N) is 3. The number of carbonyl (C=O) groups excluding carboxylic acids is 4. The molecule has 1 N–H and O–H groups in total. The van der Waals surface area contributed by atoms with Gasteiger partial charge in [-0.1, -0.05) is 96.1 Å². The molecule has 0 spiro atoms. The Labute approximate surface area is 405 Å². The summed E-state index contributed by atoms with van der Waals surface area (Å²) in [6.07, 6.45) is -14.1. The fourth-order valence-electron chi connectivity index (χ4n) is 7.51. The lowest BCUT2D eigenvalue weighted by Crippen LogP contribution is -2.67. The second-order valence-corrected chi connectivity index (χ2v) is 21.4. The Morgan fingerprint density at radius 3 is 1.38 bits per heavy atom. The molecule has 5 rings (SSSR count).